The molecule has 3 aromatic rings. The number of amides is 1. The highest BCUT2D eigenvalue weighted by atomic mass is 19.3. The van der Waals surface area contributed by atoms with Crippen molar-refractivity contribution in [3.8, 4) is 5.95 Å². The minimum absolute atomic E-state index is 0.103. The molecule has 1 amide bonds. The maximum Gasteiger partial charge on any atom is 0.296 e. The Morgan fingerprint density at radius 2 is 1.63 bits per heavy atom. The molecule has 3 saturated heterocycles. The number of piperazine rings is 1. The fourth-order valence-corrected chi connectivity index (χ4v) is 5.32. The average molecular weight is 528 g/mol. The summed E-state index contributed by atoms with van der Waals surface area (Å²) >= 11 is 0. The molecule has 5 heterocycles. The van der Waals surface area contributed by atoms with Gasteiger partial charge in [0.2, 0.25) is 23.8 Å². The number of nitrogens with one attached hydrogen (secondary N) is 1. The highest BCUT2D eigenvalue weighted by Crippen LogP contribution is 2.28. The molecule has 1 aromatic carbocycles. The first kappa shape index (κ1) is 24.9. The van der Waals surface area contributed by atoms with Crippen LogP contribution >= 0.6 is 0 Å². The first-order valence-electron chi connectivity index (χ1n) is 13.2. The van der Waals surface area contributed by atoms with Gasteiger partial charge in [0.25, 0.3) is 6.43 Å². The number of benzene rings is 1. The molecule has 38 heavy (non-hydrogen) atoms. The van der Waals surface area contributed by atoms with E-state index in [1.165, 1.54) is 4.57 Å². The van der Waals surface area contributed by atoms with Crippen LogP contribution in [0.4, 0.5) is 20.7 Å². The number of nitrogens with zero attached hydrogens (tertiary/aromatic N) is 8. The molecular formula is C25H31F2N9O2. The number of carbonyl (C=O) groups is 1. The fraction of sp³-hybridized carbons (Fsp3) is 0.560. The molecule has 0 radical (unpaired) electrons. The number of ether oxygens (including phenoxy) is 1. The third kappa shape index (κ3) is 4.99. The maximum absolute atomic E-state index is 14.1. The van der Waals surface area contributed by atoms with Crippen LogP contribution in [0, 0.1) is 0 Å². The number of fused-ring (bicyclic) bond motifs is 1. The normalized spacial score (nSPS) is 20.6. The van der Waals surface area contributed by atoms with Gasteiger partial charge in [-0.1, -0.05) is 12.1 Å². The van der Waals surface area contributed by atoms with Gasteiger partial charge in [-0.05, 0) is 31.5 Å². The van der Waals surface area contributed by atoms with Crippen LogP contribution in [0.15, 0.2) is 24.3 Å². The first-order valence-corrected chi connectivity index (χ1v) is 13.2. The number of para-hydroxylation sites is 2. The average Bonchev–Trinajstić information content (AvgIpc) is 3.61. The Hall–Kier alpha value is -3.45. The zero-order chi connectivity index (χ0) is 26.1. The number of hydrogen-bond donors (Lipinski definition) is 1. The number of hydrogen-bond acceptors (Lipinski definition) is 9. The predicted molar refractivity (Wildman–Crippen MR) is 137 cm³/mol. The van der Waals surface area contributed by atoms with Crippen LogP contribution in [-0.4, -0.2) is 100 Å². The smallest absolute Gasteiger partial charge is 0.296 e. The fourth-order valence-electron chi connectivity index (χ4n) is 5.32. The van der Waals surface area contributed by atoms with Crippen LogP contribution in [0.25, 0.3) is 17.0 Å². The first-order chi connectivity index (χ1) is 18.6. The van der Waals surface area contributed by atoms with Gasteiger partial charge in [0.1, 0.15) is 0 Å². The van der Waals surface area contributed by atoms with E-state index < -0.39 is 12.2 Å². The van der Waals surface area contributed by atoms with E-state index in [0.29, 0.717) is 81.8 Å². The van der Waals surface area contributed by atoms with Crippen molar-refractivity contribution in [3.63, 3.8) is 0 Å². The summed E-state index contributed by atoms with van der Waals surface area (Å²) in [7, 11) is 0. The summed E-state index contributed by atoms with van der Waals surface area (Å²) in [5, 5.41) is 3.38. The summed E-state index contributed by atoms with van der Waals surface area (Å²) < 4.78 is 35.0. The Morgan fingerprint density at radius 3 is 2.32 bits per heavy atom. The molecule has 3 aliphatic heterocycles. The predicted octanol–water partition coefficient (Wildman–Crippen LogP) is 1.78. The molecule has 11 nitrogen and oxygen atoms in total. The Morgan fingerprint density at radius 1 is 0.947 bits per heavy atom. The molecule has 0 unspecified atom stereocenters. The molecule has 3 aliphatic rings. The monoisotopic (exact) mass is 527 g/mol. The SMILES string of the molecule is O=C(C[C@@H]1CCCN1)N1CCN(c2nc(N3CCOCC3)nc(-n3c(C(F)F)nc4ccccc43)n2)CC1. The van der Waals surface area contributed by atoms with E-state index in [1.54, 1.807) is 24.3 Å². The lowest BCUT2D eigenvalue weighted by Crippen LogP contribution is -2.50. The van der Waals surface area contributed by atoms with Gasteiger partial charge in [0, 0.05) is 51.7 Å². The minimum Gasteiger partial charge on any atom is -0.378 e. The Balaban J connectivity index is 1.31. The van der Waals surface area contributed by atoms with Gasteiger partial charge in [0.05, 0.1) is 24.2 Å². The molecule has 0 saturated carbocycles. The summed E-state index contributed by atoms with van der Waals surface area (Å²) in [6.45, 7) is 5.40. The van der Waals surface area contributed by atoms with E-state index in [1.807, 2.05) is 14.7 Å². The van der Waals surface area contributed by atoms with Gasteiger partial charge >= 0.3 is 0 Å². The maximum atomic E-state index is 14.1. The van der Waals surface area contributed by atoms with E-state index in [2.05, 4.69) is 20.3 Å². The molecule has 3 fully saturated rings. The molecule has 0 aliphatic carbocycles. The highest BCUT2D eigenvalue weighted by Gasteiger charge is 2.29. The van der Waals surface area contributed by atoms with Crippen molar-refractivity contribution >= 4 is 28.8 Å². The molecule has 1 N–H and O–H groups in total. The molecule has 2 aromatic heterocycles. The Bertz CT molecular complexity index is 1280. The second-order valence-corrected chi connectivity index (χ2v) is 9.79. The minimum atomic E-state index is -2.81. The topological polar surface area (TPSA) is 105 Å². The number of halogens is 2. The molecule has 13 heteroatoms. The molecular weight excluding hydrogens is 496 g/mol. The molecule has 202 valence electrons. The van der Waals surface area contributed by atoms with Crippen LogP contribution in [0.5, 0.6) is 0 Å². The van der Waals surface area contributed by atoms with Crippen molar-refractivity contribution in [2.45, 2.75) is 31.7 Å². The van der Waals surface area contributed by atoms with Crippen LogP contribution in [0.2, 0.25) is 0 Å². The zero-order valence-corrected chi connectivity index (χ0v) is 21.1. The van der Waals surface area contributed by atoms with Crippen molar-refractivity contribution < 1.29 is 18.3 Å². The molecule has 0 spiro atoms. The summed E-state index contributed by atoms with van der Waals surface area (Å²) in [4.78, 5) is 36.9. The van der Waals surface area contributed by atoms with Crippen molar-refractivity contribution in [1.29, 1.82) is 0 Å². The number of rotatable bonds is 6. The second-order valence-electron chi connectivity index (χ2n) is 9.79. The lowest BCUT2D eigenvalue weighted by atomic mass is 10.1. The molecule has 1 atom stereocenters. The van der Waals surface area contributed by atoms with Gasteiger partial charge in [-0.15, -0.1) is 0 Å². The van der Waals surface area contributed by atoms with Crippen LogP contribution in [0.1, 0.15) is 31.5 Å². The van der Waals surface area contributed by atoms with Crippen molar-refractivity contribution in [2.75, 3.05) is 68.8 Å². The summed E-state index contributed by atoms with van der Waals surface area (Å²) in [5.41, 5.74) is 0.949. The van der Waals surface area contributed by atoms with Gasteiger partial charge in [0.15, 0.2) is 5.82 Å². The second kappa shape index (κ2) is 10.7. The van der Waals surface area contributed by atoms with Gasteiger partial charge < -0.3 is 24.8 Å². The standard InChI is InChI=1S/C25H31F2N9O2/c26-21(27)22-29-18-5-1-2-6-19(18)36(22)25-31-23(30-24(32-25)35-12-14-38-15-13-35)34-10-8-33(9-11-34)20(37)16-17-4-3-7-28-17/h1-2,5-6,17,21,28H,3-4,7-16H2/t17-/m0/s1. The summed E-state index contributed by atoms with van der Waals surface area (Å²) in [6.07, 6.45) is -0.148. The van der Waals surface area contributed by atoms with Gasteiger partial charge in [-0.25, -0.2) is 13.8 Å². The lowest BCUT2D eigenvalue weighted by Gasteiger charge is -2.36. The lowest BCUT2D eigenvalue weighted by molar-refractivity contribution is -0.131. The number of carbonyl (C=O) groups excluding carboxylic acids is 1. The van der Waals surface area contributed by atoms with E-state index in [9.17, 15) is 13.6 Å². The Labute approximate surface area is 218 Å². The largest absolute Gasteiger partial charge is 0.378 e. The van der Waals surface area contributed by atoms with E-state index >= 15 is 0 Å². The van der Waals surface area contributed by atoms with Crippen molar-refractivity contribution in [3.05, 3.63) is 30.1 Å². The third-order valence-corrected chi connectivity index (χ3v) is 7.37. The summed E-state index contributed by atoms with van der Waals surface area (Å²) in [5.74, 6) is 0.663. The number of alkyl halides is 2. The van der Waals surface area contributed by atoms with Gasteiger partial charge in [-0.2, -0.15) is 15.0 Å². The van der Waals surface area contributed by atoms with E-state index in [0.717, 1.165) is 19.4 Å². The Kier molecular flexibility index (Phi) is 7.02. The number of imidazole rings is 1. The highest BCUT2D eigenvalue weighted by molar-refractivity contribution is 5.78. The van der Waals surface area contributed by atoms with Crippen LogP contribution in [-0.2, 0) is 9.53 Å². The molecule has 6 rings (SSSR count). The third-order valence-electron chi connectivity index (χ3n) is 7.37. The van der Waals surface area contributed by atoms with Gasteiger partial charge in [-0.3, -0.25) is 9.36 Å². The number of aromatic nitrogens is 5. The van der Waals surface area contributed by atoms with Crippen molar-refractivity contribution in [1.82, 2.24) is 34.7 Å². The van der Waals surface area contributed by atoms with Crippen LogP contribution in [0.3, 0.4) is 0 Å². The van der Waals surface area contributed by atoms with Crippen LogP contribution < -0.4 is 15.1 Å². The van der Waals surface area contributed by atoms with E-state index in [4.69, 9.17) is 9.72 Å². The summed E-state index contributed by atoms with van der Waals surface area (Å²) in [6, 6.07) is 7.22. The number of anilines is 2. The zero-order valence-electron chi connectivity index (χ0n) is 21.1. The number of morpholine rings is 1. The molecule has 0 bridgehead atoms. The van der Waals surface area contributed by atoms with Crippen molar-refractivity contribution in [2.24, 2.45) is 0 Å². The van der Waals surface area contributed by atoms with E-state index in [-0.39, 0.29) is 17.9 Å². The quantitative estimate of drug-likeness (QED) is 0.514.